The van der Waals surface area contributed by atoms with Gasteiger partial charge >= 0.3 is 12.1 Å². The minimum Gasteiger partial charge on any atom is -0.465 e. The average molecular weight is 610 g/mol. The van der Waals surface area contributed by atoms with Gasteiger partial charge in [-0.3, -0.25) is 4.57 Å². The van der Waals surface area contributed by atoms with Gasteiger partial charge in [-0.15, -0.1) is 5.10 Å². The third kappa shape index (κ3) is 6.87. The molecule has 0 radical (unpaired) electrons. The molecule has 1 atom stereocenters. The highest BCUT2D eigenvalue weighted by Crippen LogP contribution is 2.30. The predicted octanol–water partition coefficient (Wildman–Crippen LogP) is 7.31. The number of hydrogen-bond donors (Lipinski definition) is 0. The fourth-order valence-electron chi connectivity index (χ4n) is 5.75. The van der Waals surface area contributed by atoms with E-state index in [0.29, 0.717) is 36.7 Å². The molecule has 0 N–H and O–H groups in total. The molecule has 11 heteroatoms. The number of carbonyl (C=O) groups excluding carboxylic acids is 2. The normalized spacial score (nSPS) is 15.5. The molecule has 1 saturated carbocycles. The van der Waals surface area contributed by atoms with E-state index < -0.39 is 18.4 Å². The van der Waals surface area contributed by atoms with Crippen molar-refractivity contribution in [3.05, 3.63) is 83.4 Å². The quantitative estimate of drug-likeness (QED) is 0.136. The van der Waals surface area contributed by atoms with Crippen LogP contribution in [-0.4, -0.2) is 52.9 Å². The number of ether oxygens (including phenoxy) is 4. The zero-order valence-corrected chi connectivity index (χ0v) is 25.3. The molecular formula is C34H35N5O6. The number of rotatable bonds is 10. The van der Waals surface area contributed by atoms with Gasteiger partial charge in [0, 0.05) is 12.5 Å². The Morgan fingerprint density at radius 1 is 0.933 bits per heavy atom. The Balaban J connectivity index is 1.22. The zero-order valence-electron chi connectivity index (χ0n) is 25.3. The molecule has 1 aliphatic carbocycles. The fourth-order valence-corrected chi connectivity index (χ4v) is 5.75. The van der Waals surface area contributed by atoms with Crippen molar-refractivity contribution in [2.24, 2.45) is 15.4 Å². The van der Waals surface area contributed by atoms with Crippen molar-refractivity contribution in [3.63, 3.8) is 0 Å². The zero-order chi connectivity index (χ0) is 31.2. The first kappa shape index (κ1) is 30.0. The van der Waals surface area contributed by atoms with E-state index in [9.17, 15) is 9.59 Å². The average Bonchev–Trinajstić information content (AvgIpc) is 3.71. The first-order valence-corrected chi connectivity index (χ1v) is 15.3. The Kier molecular flexibility index (Phi) is 9.14. The minimum absolute atomic E-state index is 0.161. The van der Waals surface area contributed by atoms with Gasteiger partial charge in [-0.1, -0.05) is 61.0 Å². The van der Waals surface area contributed by atoms with Crippen LogP contribution in [0.5, 0.6) is 6.01 Å². The third-order valence-corrected chi connectivity index (χ3v) is 7.87. The second-order valence-electron chi connectivity index (χ2n) is 11.0. The summed E-state index contributed by atoms with van der Waals surface area (Å²) in [6.45, 7) is 4.62. The summed E-state index contributed by atoms with van der Waals surface area (Å²) in [6, 6.07) is 21.8. The lowest BCUT2D eigenvalue weighted by Crippen LogP contribution is -2.26. The second kappa shape index (κ2) is 13.7. The summed E-state index contributed by atoms with van der Waals surface area (Å²) in [5.41, 5.74) is 6.30. The third-order valence-electron chi connectivity index (χ3n) is 7.87. The van der Waals surface area contributed by atoms with E-state index in [2.05, 4.69) is 38.6 Å². The predicted molar refractivity (Wildman–Crippen MR) is 167 cm³/mol. The highest BCUT2D eigenvalue weighted by atomic mass is 16.8. The maximum absolute atomic E-state index is 13.4. The Hall–Kier alpha value is -5.06. The van der Waals surface area contributed by atoms with E-state index in [-0.39, 0.29) is 11.7 Å². The van der Waals surface area contributed by atoms with Gasteiger partial charge in [0.2, 0.25) is 6.29 Å². The number of fused-ring (bicyclic) bond motifs is 1. The van der Waals surface area contributed by atoms with Gasteiger partial charge in [0.25, 0.3) is 6.01 Å². The molecule has 11 nitrogen and oxygen atoms in total. The number of benzene rings is 3. The molecule has 2 heterocycles. The maximum Gasteiger partial charge on any atom is 0.511 e. The van der Waals surface area contributed by atoms with Gasteiger partial charge in [0.1, 0.15) is 12.6 Å². The molecular weight excluding hydrogens is 574 g/mol. The van der Waals surface area contributed by atoms with E-state index in [1.165, 1.54) is 6.92 Å². The van der Waals surface area contributed by atoms with Gasteiger partial charge in [-0.25, -0.2) is 9.59 Å². The molecule has 6 rings (SSSR count). The summed E-state index contributed by atoms with van der Waals surface area (Å²) < 4.78 is 23.9. The molecule has 1 unspecified atom stereocenters. The molecule has 1 aliphatic heterocycles. The number of nitrogens with zero attached hydrogens (tertiary/aromatic N) is 5. The van der Waals surface area contributed by atoms with Crippen LogP contribution < -0.4 is 4.74 Å². The van der Waals surface area contributed by atoms with Crippen LogP contribution in [0.3, 0.4) is 0 Å². The summed E-state index contributed by atoms with van der Waals surface area (Å²) in [7, 11) is 0. The lowest BCUT2D eigenvalue weighted by Gasteiger charge is -2.22. The van der Waals surface area contributed by atoms with Crippen LogP contribution in [-0.2, 0) is 20.8 Å². The number of hydrogen-bond acceptors (Lipinski definition) is 10. The van der Waals surface area contributed by atoms with E-state index >= 15 is 0 Å². The summed E-state index contributed by atoms with van der Waals surface area (Å²) in [4.78, 5) is 30.4. The molecule has 232 valence electrons. The molecule has 1 fully saturated rings. The van der Waals surface area contributed by atoms with Gasteiger partial charge in [0.15, 0.2) is 0 Å². The first-order valence-electron chi connectivity index (χ1n) is 15.3. The van der Waals surface area contributed by atoms with Gasteiger partial charge in [0.05, 0.1) is 35.5 Å². The SMILES string of the molecule is CCOc1nc2cccc(C(=O)OC(C)OC(=O)OC3CCCCC3)c2n1Cc1ccc(-c2ccccc2C2=NN=NC2)cc1. The molecule has 4 aromatic rings. The van der Waals surface area contributed by atoms with Gasteiger partial charge < -0.3 is 18.9 Å². The Bertz CT molecular complexity index is 1740. The van der Waals surface area contributed by atoms with Crippen LogP contribution in [0, 0.1) is 0 Å². The van der Waals surface area contributed by atoms with Crippen LogP contribution in [0.25, 0.3) is 22.2 Å². The first-order chi connectivity index (χ1) is 22.0. The molecule has 0 spiro atoms. The van der Waals surface area contributed by atoms with E-state index in [4.69, 9.17) is 18.9 Å². The Morgan fingerprint density at radius 2 is 1.71 bits per heavy atom. The van der Waals surface area contributed by atoms with E-state index in [1.807, 2.05) is 47.9 Å². The second-order valence-corrected chi connectivity index (χ2v) is 11.0. The molecule has 45 heavy (non-hydrogen) atoms. The molecule has 0 saturated heterocycles. The molecule has 0 amide bonds. The van der Waals surface area contributed by atoms with Crippen molar-refractivity contribution in [1.29, 1.82) is 0 Å². The van der Waals surface area contributed by atoms with Crippen molar-refractivity contribution < 1.29 is 28.5 Å². The topological polar surface area (TPSA) is 126 Å². The summed E-state index contributed by atoms with van der Waals surface area (Å²) in [5.74, 6) is -0.650. The lowest BCUT2D eigenvalue weighted by atomic mass is 9.96. The highest BCUT2D eigenvalue weighted by molar-refractivity contribution is 6.07. The smallest absolute Gasteiger partial charge is 0.465 e. The number of imidazole rings is 1. The maximum atomic E-state index is 13.4. The van der Waals surface area contributed by atoms with Crippen LogP contribution in [0.4, 0.5) is 4.79 Å². The molecule has 1 aromatic heterocycles. The van der Waals surface area contributed by atoms with Crippen molar-refractivity contribution in [2.75, 3.05) is 13.2 Å². The highest BCUT2D eigenvalue weighted by Gasteiger charge is 2.25. The summed E-state index contributed by atoms with van der Waals surface area (Å²) >= 11 is 0. The number of carbonyl (C=O) groups is 2. The van der Waals surface area contributed by atoms with Crippen LogP contribution in [0.15, 0.2) is 82.2 Å². The van der Waals surface area contributed by atoms with Crippen LogP contribution in [0.1, 0.15) is 67.4 Å². The Morgan fingerprint density at radius 3 is 2.44 bits per heavy atom. The van der Waals surface area contributed by atoms with Crippen LogP contribution in [0.2, 0.25) is 0 Å². The van der Waals surface area contributed by atoms with Crippen molar-refractivity contribution in [1.82, 2.24) is 9.55 Å². The molecule has 2 aliphatic rings. The number of para-hydroxylation sites is 1. The summed E-state index contributed by atoms with van der Waals surface area (Å²) in [6.07, 6.45) is 2.67. The van der Waals surface area contributed by atoms with E-state index in [0.717, 1.165) is 60.1 Å². The fraction of sp³-hybridized carbons (Fsp3) is 0.353. The largest absolute Gasteiger partial charge is 0.511 e. The lowest BCUT2D eigenvalue weighted by molar-refractivity contribution is -0.0914. The minimum atomic E-state index is -1.14. The Labute approximate surface area is 260 Å². The standard InChI is InChI=1S/C34H35N5O6/c1-3-42-33-36-29-15-9-14-28(32(40)43-22(2)44-34(41)45-25-10-5-4-6-11-25)31(29)39(33)21-23-16-18-24(19-17-23)26-12-7-8-13-27(26)30-20-35-38-37-30/h7-9,12-19,22,25H,3-6,10-11,20-21H2,1-2H3. The number of esters is 1. The van der Waals surface area contributed by atoms with Crippen molar-refractivity contribution >= 4 is 28.9 Å². The van der Waals surface area contributed by atoms with Gasteiger partial charge in [-0.05, 0) is 66.7 Å². The van der Waals surface area contributed by atoms with Crippen molar-refractivity contribution in [3.8, 4) is 17.1 Å². The van der Waals surface area contributed by atoms with Crippen LogP contribution >= 0.6 is 0 Å². The molecule has 0 bridgehead atoms. The van der Waals surface area contributed by atoms with E-state index in [1.54, 1.807) is 12.1 Å². The monoisotopic (exact) mass is 609 g/mol. The summed E-state index contributed by atoms with van der Waals surface area (Å²) in [5, 5.41) is 11.9. The van der Waals surface area contributed by atoms with Gasteiger partial charge in [-0.2, -0.15) is 10.1 Å². The van der Waals surface area contributed by atoms with Crippen molar-refractivity contribution in [2.45, 2.75) is 64.9 Å². The molecule has 3 aromatic carbocycles. The number of aromatic nitrogens is 2.